The van der Waals surface area contributed by atoms with E-state index in [2.05, 4.69) is 23.6 Å². The molecule has 3 rings (SSSR count). The summed E-state index contributed by atoms with van der Waals surface area (Å²) < 4.78 is 2.17. The van der Waals surface area contributed by atoms with Crippen molar-refractivity contribution in [1.82, 2.24) is 9.55 Å². The molecule has 0 spiro atoms. The van der Waals surface area contributed by atoms with Crippen LogP contribution in [0.25, 0.3) is 11.4 Å². The van der Waals surface area contributed by atoms with E-state index in [0.717, 1.165) is 35.9 Å². The van der Waals surface area contributed by atoms with Gasteiger partial charge < -0.3 is 10.3 Å². The maximum atomic E-state index is 6.27. The summed E-state index contributed by atoms with van der Waals surface area (Å²) >= 11 is 0. The topological polar surface area (TPSA) is 43.8 Å². The van der Waals surface area contributed by atoms with Crippen LogP contribution in [0.15, 0.2) is 30.3 Å². The Hall–Kier alpha value is -1.77. The van der Waals surface area contributed by atoms with Crippen molar-refractivity contribution >= 4 is 5.82 Å². The number of rotatable bonds is 4. The number of benzene rings is 1. The molecule has 0 atom stereocenters. The van der Waals surface area contributed by atoms with Gasteiger partial charge in [-0.3, -0.25) is 0 Å². The van der Waals surface area contributed by atoms with Crippen molar-refractivity contribution in [3.8, 4) is 11.4 Å². The third-order valence-electron chi connectivity index (χ3n) is 3.48. The van der Waals surface area contributed by atoms with Gasteiger partial charge in [0.1, 0.15) is 11.6 Å². The molecule has 2 N–H and O–H groups in total. The highest BCUT2D eigenvalue weighted by atomic mass is 15.1. The standard InChI is InChI=1S/C15H19N3/c1-2-10-18-14(16)13(11-8-9-11)17-15(18)12-6-4-3-5-7-12/h3-7,11H,2,8-10,16H2,1H3. The maximum Gasteiger partial charge on any atom is 0.141 e. The van der Waals surface area contributed by atoms with Crippen LogP contribution in [0.5, 0.6) is 0 Å². The van der Waals surface area contributed by atoms with Crippen LogP contribution >= 0.6 is 0 Å². The first-order valence-electron chi connectivity index (χ1n) is 6.72. The minimum Gasteiger partial charge on any atom is -0.384 e. The molecule has 2 aromatic rings. The predicted octanol–water partition coefficient (Wildman–Crippen LogP) is 3.42. The van der Waals surface area contributed by atoms with Crippen molar-refractivity contribution in [3.63, 3.8) is 0 Å². The number of hydrogen-bond acceptors (Lipinski definition) is 2. The monoisotopic (exact) mass is 241 g/mol. The van der Waals surface area contributed by atoms with Crippen molar-refractivity contribution in [1.29, 1.82) is 0 Å². The second-order valence-electron chi connectivity index (χ2n) is 5.00. The molecule has 0 bridgehead atoms. The van der Waals surface area contributed by atoms with Crippen molar-refractivity contribution in [2.45, 2.75) is 38.6 Å². The van der Waals surface area contributed by atoms with Gasteiger partial charge in [-0.2, -0.15) is 0 Å². The number of nitrogens with zero attached hydrogens (tertiary/aromatic N) is 2. The minimum absolute atomic E-state index is 0.602. The summed E-state index contributed by atoms with van der Waals surface area (Å²) in [6.07, 6.45) is 3.55. The zero-order chi connectivity index (χ0) is 12.5. The van der Waals surface area contributed by atoms with Crippen molar-refractivity contribution in [2.24, 2.45) is 0 Å². The molecule has 3 heteroatoms. The molecule has 0 unspecified atom stereocenters. The van der Waals surface area contributed by atoms with Crippen LogP contribution in [0.3, 0.4) is 0 Å². The summed E-state index contributed by atoms with van der Waals surface area (Å²) in [7, 11) is 0. The quantitative estimate of drug-likeness (QED) is 0.891. The van der Waals surface area contributed by atoms with Crippen molar-refractivity contribution < 1.29 is 0 Å². The molecule has 1 saturated carbocycles. The molecule has 3 nitrogen and oxygen atoms in total. The van der Waals surface area contributed by atoms with Gasteiger partial charge in [-0.15, -0.1) is 0 Å². The fraction of sp³-hybridized carbons (Fsp3) is 0.400. The molecule has 1 aromatic carbocycles. The third kappa shape index (κ3) is 1.90. The summed E-state index contributed by atoms with van der Waals surface area (Å²) in [5, 5.41) is 0. The molecule has 94 valence electrons. The Labute approximate surface area is 108 Å². The molecule has 1 aliphatic rings. The summed E-state index contributed by atoms with van der Waals surface area (Å²) in [6.45, 7) is 3.11. The lowest BCUT2D eigenvalue weighted by Crippen LogP contribution is -2.04. The van der Waals surface area contributed by atoms with E-state index in [1.165, 1.54) is 12.8 Å². The lowest BCUT2D eigenvalue weighted by Gasteiger charge is -2.08. The van der Waals surface area contributed by atoms with Gasteiger partial charge in [0.25, 0.3) is 0 Å². The molecule has 0 saturated heterocycles. The van der Waals surface area contributed by atoms with Gasteiger partial charge in [-0.25, -0.2) is 4.98 Å². The second kappa shape index (κ2) is 4.48. The summed E-state index contributed by atoms with van der Waals surface area (Å²) in [5.41, 5.74) is 8.54. The van der Waals surface area contributed by atoms with E-state index in [-0.39, 0.29) is 0 Å². The van der Waals surface area contributed by atoms with E-state index < -0.39 is 0 Å². The highest BCUT2D eigenvalue weighted by Gasteiger charge is 2.30. The molecule has 1 aromatic heterocycles. The Balaban J connectivity index is 2.09. The van der Waals surface area contributed by atoms with Gasteiger partial charge >= 0.3 is 0 Å². The van der Waals surface area contributed by atoms with Crippen LogP contribution in [0.1, 0.15) is 37.8 Å². The average molecular weight is 241 g/mol. The number of aromatic nitrogens is 2. The van der Waals surface area contributed by atoms with Gasteiger partial charge in [0.15, 0.2) is 0 Å². The smallest absolute Gasteiger partial charge is 0.141 e. The Morgan fingerprint density at radius 3 is 2.61 bits per heavy atom. The SMILES string of the molecule is CCCn1c(-c2ccccc2)nc(C2CC2)c1N. The molecule has 18 heavy (non-hydrogen) atoms. The Morgan fingerprint density at radius 2 is 2.00 bits per heavy atom. The van der Waals surface area contributed by atoms with E-state index in [0.29, 0.717) is 5.92 Å². The normalized spacial score (nSPS) is 14.9. The fourth-order valence-corrected chi connectivity index (χ4v) is 2.40. The van der Waals surface area contributed by atoms with Gasteiger partial charge in [-0.1, -0.05) is 37.3 Å². The zero-order valence-electron chi connectivity index (χ0n) is 10.8. The number of nitrogen functional groups attached to an aromatic ring is 1. The maximum absolute atomic E-state index is 6.27. The fourth-order valence-electron chi connectivity index (χ4n) is 2.40. The van der Waals surface area contributed by atoms with E-state index >= 15 is 0 Å². The lowest BCUT2D eigenvalue weighted by molar-refractivity contribution is 0.692. The molecular formula is C15H19N3. The first kappa shape index (κ1) is 11.3. The van der Waals surface area contributed by atoms with E-state index in [1.807, 2.05) is 18.2 Å². The molecule has 1 fully saturated rings. The highest BCUT2D eigenvalue weighted by molar-refractivity contribution is 5.61. The van der Waals surface area contributed by atoms with Crippen LogP contribution < -0.4 is 5.73 Å². The number of nitrogens with two attached hydrogens (primary N) is 1. The Morgan fingerprint density at radius 1 is 1.28 bits per heavy atom. The molecular weight excluding hydrogens is 222 g/mol. The van der Waals surface area contributed by atoms with Crippen LogP contribution in [-0.4, -0.2) is 9.55 Å². The number of anilines is 1. The highest BCUT2D eigenvalue weighted by Crippen LogP contribution is 2.43. The van der Waals surface area contributed by atoms with E-state index in [1.54, 1.807) is 0 Å². The second-order valence-corrected chi connectivity index (χ2v) is 5.00. The molecule has 1 heterocycles. The largest absolute Gasteiger partial charge is 0.384 e. The van der Waals surface area contributed by atoms with Crippen LogP contribution in [0.4, 0.5) is 5.82 Å². The van der Waals surface area contributed by atoms with Gasteiger partial charge in [-0.05, 0) is 19.3 Å². The van der Waals surface area contributed by atoms with Crippen LogP contribution in [-0.2, 0) is 6.54 Å². The zero-order valence-corrected chi connectivity index (χ0v) is 10.8. The van der Waals surface area contributed by atoms with E-state index in [4.69, 9.17) is 10.7 Å². The third-order valence-corrected chi connectivity index (χ3v) is 3.48. The van der Waals surface area contributed by atoms with Crippen LogP contribution in [0.2, 0.25) is 0 Å². The number of imidazole rings is 1. The van der Waals surface area contributed by atoms with Gasteiger partial charge in [0.05, 0.1) is 5.69 Å². The molecule has 0 aliphatic heterocycles. The van der Waals surface area contributed by atoms with Crippen molar-refractivity contribution in [3.05, 3.63) is 36.0 Å². The Bertz CT molecular complexity index is 538. The van der Waals surface area contributed by atoms with Crippen molar-refractivity contribution in [2.75, 3.05) is 5.73 Å². The summed E-state index contributed by atoms with van der Waals surface area (Å²) in [6, 6.07) is 10.3. The summed E-state index contributed by atoms with van der Waals surface area (Å²) in [4.78, 5) is 4.80. The first-order valence-corrected chi connectivity index (χ1v) is 6.72. The lowest BCUT2D eigenvalue weighted by atomic mass is 10.2. The minimum atomic E-state index is 0.602. The van der Waals surface area contributed by atoms with Gasteiger partial charge in [0.2, 0.25) is 0 Å². The Kier molecular flexibility index (Phi) is 2.82. The molecule has 0 amide bonds. The van der Waals surface area contributed by atoms with E-state index in [9.17, 15) is 0 Å². The first-order chi connectivity index (χ1) is 8.81. The molecule has 0 radical (unpaired) electrons. The van der Waals surface area contributed by atoms with Crippen LogP contribution in [0, 0.1) is 0 Å². The van der Waals surface area contributed by atoms with Gasteiger partial charge in [0, 0.05) is 18.0 Å². The molecule has 1 aliphatic carbocycles. The average Bonchev–Trinajstić information content (AvgIpc) is 3.19. The summed E-state index contributed by atoms with van der Waals surface area (Å²) in [5.74, 6) is 2.50. The predicted molar refractivity (Wildman–Crippen MR) is 74.3 cm³/mol. The number of hydrogen-bond donors (Lipinski definition) is 1.